The van der Waals surface area contributed by atoms with Gasteiger partial charge in [-0.2, -0.15) is 0 Å². The van der Waals surface area contributed by atoms with E-state index in [0.29, 0.717) is 21.6 Å². The van der Waals surface area contributed by atoms with Gasteiger partial charge >= 0.3 is 0 Å². The number of nitrogens with zero attached hydrogens (tertiary/aromatic N) is 1. The van der Waals surface area contributed by atoms with Gasteiger partial charge in [-0.05, 0) is 54.7 Å². The molecule has 1 fully saturated rings. The number of nitrogens with one attached hydrogen (secondary N) is 1. The van der Waals surface area contributed by atoms with E-state index >= 15 is 0 Å². The van der Waals surface area contributed by atoms with Crippen LogP contribution in [0.4, 0.5) is 10.1 Å². The zero-order valence-electron chi connectivity index (χ0n) is 15.9. The third-order valence-electron chi connectivity index (χ3n) is 5.48. The van der Waals surface area contributed by atoms with E-state index in [1.807, 2.05) is 0 Å². The molecule has 28 heavy (non-hydrogen) atoms. The van der Waals surface area contributed by atoms with Crippen LogP contribution in [-0.2, 0) is 0 Å². The van der Waals surface area contributed by atoms with E-state index in [1.54, 1.807) is 24.3 Å². The topological polar surface area (TPSA) is 72.2 Å². The quantitative estimate of drug-likeness (QED) is 0.534. The first-order valence-corrected chi connectivity index (χ1v) is 10.2. The van der Waals surface area contributed by atoms with Gasteiger partial charge in [0.15, 0.2) is 0 Å². The SMILES string of the molecule is CC1CCCC(NC(=O)c2ccc(Sc3ccc(F)cc3)c([N+](=O)[O-])c2)C1C. The molecule has 0 aliphatic heterocycles. The second-order valence-corrected chi connectivity index (χ2v) is 8.46. The Bertz CT molecular complexity index is 872. The number of amides is 1. The lowest BCUT2D eigenvalue weighted by molar-refractivity contribution is -0.387. The molecule has 0 radical (unpaired) electrons. The zero-order valence-corrected chi connectivity index (χ0v) is 16.7. The Morgan fingerprint density at radius 1 is 1.18 bits per heavy atom. The lowest BCUT2D eigenvalue weighted by Crippen LogP contribution is -2.43. The van der Waals surface area contributed by atoms with E-state index in [0.717, 1.165) is 19.3 Å². The van der Waals surface area contributed by atoms with Crippen molar-refractivity contribution >= 4 is 23.4 Å². The average Bonchev–Trinajstić information content (AvgIpc) is 2.67. The normalized spacial score (nSPS) is 21.9. The van der Waals surface area contributed by atoms with Crippen molar-refractivity contribution in [3.8, 4) is 0 Å². The van der Waals surface area contributed by atoms with Crippen molar-refractivity contribution in [1.29, 1.82) is 0 Å². The Kier molecular flexibility index (Phi) is 6.34. The van der Waals surface area contributed by atoms with Crippen LogP contribution < -0.4 is 5.32 Å². The maximum absolute atomic E-state index is 13.1. The molecule has 2 aromatic rings. The predicted octanol–water partition coefficient (Wildman–Crippen LogP) is 5.44. The summed E-state index contributed by atoms with van der Waals surface area (Å²) in [5.41, 5.74) is 0.146. The van der Waals surface area contributed by atoms with Gasteiger partial charge in [-0.1, -0.05) is 38.5 Å². The summed E-state index contributed by atoms with van der Waals surface area (Å²) in [4.78, 5) is 24.8. The maximum Gasteiger partial charge on any atom is 0.284 e. The average molecular weight is 402 g/mol. The van der Waals surface area contributed by atoms with E-state index < -0.39 is 4.92 Å². The molecule has 2 aromatic carbocycles. The molecule has 0 heterocycles. The summed E-state index contributed by atoms with van der Waals surface area (Å²) in [5, 5.41) is 14.6. The Labute approximate surface area is 167 Å². The molecule has 1 amide bonds. The molecule has 1 aliphatic carbocycles. The fourth-order valence-corrected chi connectivity index (χ4v) is 4.45. The van der Waals surface area contributed by atoms with Crippen LogP contribution >= 0.6 is 11.8 Å². The van der Waals surface area contributed by atoms with Crippen LogP contribution in [0.2, 0.25) is 0 Å². The van der Waals surface area contributed by atoms with Gasteiger partial charge in [0.2, 0.25) is 0 Å². The first-order valence-electron chi connectivity index (χ1n) is 9.38. The molecule has 1 aliphatic rings. The molecule has 3 unspecified atom stereocenters. The molecule has 0 bridgehead atoms. The van der Waals surface area contributed by atoms with Gasteiger partial charge in [0, 0.05) is 22.6 Å². The zero-order chi connectivity index (χ0) is 20.3. The van der Waals surface area contributed by atoms with Crippen LogP contribution in [0, 0.1) is 27.8 Å². The van der Waals surface area contributed by atoms with Crippen molar-refractivity contribution < 1.29 is 14.1 Å². The molecule has 1 N–H and O–H groups in total. The number of hydrogen-bond acceptors (Lipinski definition) is 4. The number of nitro benzene ring substituents is 1. The van der Waals surface area contributed by atoms with Crippen LogP contribution in [0.5, 0.6) is 0 Å². The van der Waals surface area contributed by atoms with Crippen LogP contribution in [0.3, 0.4) is 0 Å². The first-order chi connectivity index (χ1) is 13.3. The largest absolute Gasteiger partial charge is 0.349 e. The lowest BCUT2D eigenvalue weighted by Gasteiger charge is -2.34. The minimum absolute atomic E-state index is 0.0866. The minimum atomic E-state index is -0.492. The van der Waals surface area contributed by atoms with Crippen molar-refractivity contribution in [1.82, 2.24) is 5.32 Å². The van der Waals surface area contributed by atoms with Gasteiger partial charge < -0.3 is 5.32 Å². The lowest BCUT2D eigenvalue weighted by atomic mass is 9.78. The maximum atomic E-state index is 13.1. The molecule has 0 saturated heterocycles. The van der Waals surface area contributed by atoms with Gasteiger partial charge in [0.05, 0.1) is 9.82 Å². The summed E-state index contributed by atoms with van der Waals surface area (Å²) in [5.74, 6) is 0.272. The van der Waals surface area contributed by atoms with Crippen LogP contribution in [0.25, 0.3) is 0 Å². The smallest absolute Gasteiger partial charge is 0.284 e. The number of carbonyl (C=O) groups is 1. The monoisotopic (exact) mass is 402 g/mol. The molecule has 1 saturated carbocycles. The van der Waals surface area contributed by atoms with Crippen molar-refractivity contribution in [3.63, 3.8) is 0 Å². The van der Waals surface area contributed by atoms with E-state index in [-0.39, 0.29) is 29.0 Å². The molecule has 5 nitrogen and oxygen atoms in total. The number of halogens is 1. The van der Waals surface area contributed by atoms with Gasteiger partial charge in [-0.3, -0.25) is 14.9 Å². The molecular formula is C21H23FN2O3S. The second kappa shape index (κ2) is 8.73. The Morgan fingerprint density at radius 2 is 1.89 bits per heavy atom. The van der Waals surface area contributed by atoms with Crippen LogP contribution in [-0.4, -0.2) is 16.9 Å². The summed E-state index contributed by atoms with van der Waals surface area (Å²) in [6.07, 6.45) is 3.16. The Morgan fingerprint density at radius 3 is 2.57 bits per heavy atom. The standard InChI is InChI=1S/C21H23FN2O3S/c1-13-4-3-5-18(14(13)2)23-21(25)15-6-11-20(19(12-15)24(26)27)28-17-9-7-16(22)8-10-17/h6-14,18H,3-5H2,1-2H3,(H,23,25). The summed E-state index contributed by atoms with van der Waals surface area (Å²) < 4.78 is 13.1. The van der Waals surface area contributed by atoms with E-state index in [1.165, 1.54) is 30.0 Å². The highest BCUT2D eigenvalue weighted by Gasteiger charge is 2.29. The van der Waals surface area contributed by atoms with Gasteiger partial charge in [-0.15, -0.1) is 0 Å². The number of carbonyl (C=O) groups excluding carboxylic acids is 1. The summed E-state index contributed by atoms with van der Waals surface area (Å²) in [6.45, 7) is 4.33. The van der Waals surface area contributed by atoms with E-state index in [4.69, 9.17) is 0 Å². The van der Waals surface area contributed by atoms with Gasteiger partial charge in [-0.25, -0.2) is 4.39 Å². The fourth-order valence-electron chi connectivity index (χ4n) is 3.55. The van der Waals surface area contributed by atoms with Gasteiger partial charge in [0.1, 0.15) is 5.82 Å². The molecule has 3 atom stereocenters. The first kappa shape index (κ1) is 20.3. The number of hydrogen-bond donors (Lipinski definition) is 1. The summed E-state index contributed by atoms with van der Waals surface area (Å²) in [7, 11) is 0. The highest BCUT2D eigenvalue weighted by molar-refractivity contribution is 7.99. The highest BCUT2D eigenvalue weighted by Crippen LogP contribution is 2.36. The Balaban J connectivity index is 1.79. The second-order valence-electron chi connectivity index (χ2n) is 7.34. The van der Waals surface area contributed by atoms with Crippen molar-refractivity contribution in [2.45, 2.75) is 48.9 Å². The van der Waals surface area contributed by atoms with Crippen molar-refractivity contribution in [2.24, 2.45) is 11.8 Å². The van der Waals surface area contributed by atoms with E-state index in [2.05, 4.69) is 19.2 Å². The molecule has 3 rings (SSSR count). The van der Waals surface area contributed by atoms with Crippen LogP contribution in [0.15, 0.2) is 52.3 Å². The van der Waals surface area contributed by atoms with Crippen molar-refractivity contribution in [3.05, 3.63) is 64.0 Å². The molecule has 0 spiro atoms. The molecule has 148 valence electrons. The van der Waals surface area contributed by atoms with E-state index in [9.17, 15) is 19.3 Å². The number of rotatable bonds is 5. The summed E-state index contributed by atoms with van der Waals surface area (Å²) in [6, 6.07) is 10.3. The third-order valence-corrected chi connectivity index (χ3v) is 6.56. The van der Waals surface area contributed by atoms with Gasteiger partial charge in [0.25, 0.3) is 11.6 Å². The Hall–Kier alpha value is -2.41. The predicted molar refractivity (Wildman–Crippen MR) is 107 cm³/mol. The van der Waals surface area contributed by atoms with Crippen molar-refractivity contribution in [2.75, 3.05) is 0 Å². The third kappa shape index (κ3) is 4.70. The fraction of sp³-hybridized carbons (Fsp3) is 0.381. The molecule has 0 aromatic heterocycles. The molecular weight excluding hydrogens is 379 g/mol. The summed E-state index contributed by atoms with van der Waals surface area (Å²) >= 11 is 1.17. The van der Waals surface area contributed by atoms with Crippen LogP contribution in [0.1, 0.15) is 43.5 Å². The number of nitro groups is 1. The highest BCUT2D eigenvalue weighted by atomic mass is 32.2. The molecule has 7 heteroatoms. The number of benzene rings is 2. The minimum Gasteiger partial charge on any atom is -0.349 e.